The van der Waals surface area contributed by atoms with E-state index in [1.165, 1.54) is 5.57 Å². The minimum absolute atomic E-state index is 0.428. The fraction of sp³-hybridized carbons (Fsp3) is 0.462. The lowest BCUT2D eigenvalue weighted by molar-refractivity contribution is 0.0487. The lowest BCUT2D eigenvalue weighted by atomic mass is 10.1. The third kappa shape index (κ3) is 3.52. The van der Waals surface area contributed by atoms with Crippen LogP contribution in [-0.2, 0) is 4.74 Å². The van der Waals surface area contributed by atoms with Crippen LogP contribution in [-0.4, -0.2) is 25.8 Å². The van der Waals surface area contributed by atoms with Crippen molar-refractivity contribution in [2.75, 3.05) is 19.7 Å². The molecule has 0 bridgehead atoms. The largest absolute Gasteiger partial charge is 0.373 e. The molecule has 0 amide bonds. The first-order chi connectivity index (χ1) is 7.45. The lowest BCUT2D eigenvalue weighted by Gasteiger charge is -2.23. The summed E-state index contributed by atoms with van der Waals surface area (Å²) >= 11 is 0. The van der Waals surface area contributed by atoms with E-state index < -0.39 is 0 Å². The fourth-order valence-electron chi connectivity index (χ4n) is 1.76. The van der Waals surface area contributed by atoms with Crippen LogP contribution in [0.3, 0.4) is 0 Å². The summed E-state index contributed by atoms with van der Waals surface area (Å²) in [7, 11) is 0. The van der Waals surface area contributed by atoms with Crippen LogP contribution in [0.5, 0.6) is 0 Å². The van der Waals surface area contributed by atoms with Crippen LogP contribution in [0.4, 0.5) is 0 Å². The molecule has 2 heteroatoms. The molecule has 2 nitrogen and oxygen atoms in total. The first kappa shape index (κ1) is 10.4. The van der Waals surface area contributed by atoms with E-state index in [9.17, 15) is 0 Å². The molecule has 80 valence electrons. The van der Waals surface area contributed by atoms with E-state index in [2.05, 4.69) is 17.1 Å². The van der Waals surface area contributed by atoms with Crippen LogP contribution < -0.4 is 5.32 Å². The predicted octanol–water partition coefficient (Wildman–Crippen LogP) is 1.96. The minimum Gasteiger partial charge on any atom is -0.373 e. The summed E-state index contributed by atoms with van der Waals surface area (Å²) in [5, 5.41) is 3.33. The molecule has 0 unspecified atom stereocenters. The second kappa shape index (κ2) is 5.72. The number of hydrogen-bond donors (Lipinski definition) is 1. The molecule has 1 aliphatic heterocycles. The van der Waals surface area contributed by atoms with Gasteiger partial charge in [0.15, 0.2) is 0 Å². The Morgan fingerprint density at radius 2 is 2.20 bits per heavy atom. The Kier molecular flexibility index (Phi) is 3.98. The van der Waals surface area contributed by atoms with Gasteiger partial charge in [-0.1, -0.05) is 18.2 Å². The first-order valence-corrected chi connectivity index (χ1v) is 5.56. The maximum absolute atomic E-state index is 5.85. The van der Waals surface area contributed by atoms with Crippen molar-refractivity contribution < 1.29 is 4.74 Å². The van der Waals surface area contributed by atoms with E-state index >= 15 is 0 Å². The topological polar surface area (TPSA) is 21.3 Å². The molecule has 1 heterocycles. The van der Waals surface area contributed by atoms with Crippen LogP contribution in [0.1, 0.15) is 12.8 Å². The van der Waals surface area contributed by atoms with E-state index in [4.69, 9.17) is 4.74 Å². The average Bonchev–Trinajstić information content (AvgIpc) is 2.56. The number of nitrogens with one attached hydrogen (secondary N) is 1. The van der Waals surface area contributed by atoms with Crippen molar-refractivity contribution >= 4 is 0 Å². The molecule has 1 aliphatic carbocycles. The van der Waals surface area contributed by atoms with Gasteiger partial charge in [-0.15, -0.1) is 5.73 Å². The summed E-state index contributed by atoms with van der Waals surface area (Å²) in [6.07, 6.45) is 12.7. The maximum atomic E-state index is 5.85. The number of hydrogen-bond acceptors (Lipinski definition) is 2. The molecule has 1 fully saturated rings. The van der Waals surface area contributed by atoms with Gasteiger partial charge in [0.05, 0.1) is 12.7 Å². The molecular weight excluding hydrogens is 186 g/mol. The van der Waals surface area contributed by atoms with Crippen molar-refractivity contribution in [3.05, 3.63) is 41.7 Å². The molecule has 2 aliphatic rings. The third-order valence-corrected chi connectivity index (χ3v) is 2.65. The second-order valence-electron chi connectivity index (χ2n) is 3.86. The predicted molar refractivity (Wildman–Crippen MR) is 61.7 cm³/mol. The minimum atomic E-state index is 0.428. The van der Waals surface area contributed by atoms with Gasteiger partial charge in [0.1, 0.15) is 0 Å². The standard InChI is InChI=1S/C13H17NO/c1-2-4-6-12(5-3-1)11-15-13-7-9-14-10-8-13/h1-3,5-6,13-14H,7-11H2. The van der Waals surface area contributed by atoms with Crippen molar-refractivity contribution in [3.8, 4) is 0 Å². The molecule has 0 saturated carbocycles. The molecule has 15 heavy (non-hydrogen) atoms. The summed E-state index contributed by atoms with van der Waals surface area (Å²) in [5.41, 5.74) is 4.28. The quantitative estimate of drug-likeness (QED) is 0.708. The van der Waals surface area contributed by atoms with E-state index in [0.29, 0.717) is 12.7 Å². The van der Waals surface area contributed by atoms with Gasteiger partial charge in [-0.05, 0) is 43.7 Å². The normalized spacial score (nSPS) is 21.5. The number of rotatable bonds is 3. The third-order valence-electron chi connectivity index (χ3n) is 2.65. The van der Waals surface area contributed by atoms with Gasteiger partial charge < -0.3 is 10.1 Å². The molecule has 0 aromatic carbocycles. The summed E-state index contributed by atoms with van der Waals surface area (Å²) < 4.78 is 5.85. The maximum Gasteiger partial charge on any atom is 0.0726 e. The van der Waals surface area contributed by atoms with E-state index in [0.717, 1.165) is 25.9 Å². The highest BCUT2D eigenvalue weighted by atomic mass is 16.5. The number of allylic oxidation sites excluding steroid dienone is 3. The first-order valence-electron chi connectivity index (χ1n) is 5.56. The summed E-state index contributed by atoms with van der Waals surface area (Å²) in [6, 6.07) is 0. The van der Waals surface area contributed by atoms with E-state index in [-0.39, 0.29) is 0 Å². The molecular formula is C13H17NO. The van der Waals surface area contributed by atoms with Gasteiger partial charge >= 0.3 is 0 Å². The van der Waals surface area contributed by atoms with Crippen molar-refractivity contribution in [2.45, 2.75) is 18.9 Å². The fourth-order valence-corrected chi connectivity index (χ4v) is 1.76. The smallest absolute Gasteiger partial charge is 0.0726 e. The van der Waals surface area contributed by atoms with Crippen LogP contribution in [0.2, 0.25) is 0 Å². The average molecular weight is 203 g/mol. The van der Waals surface area contributed by atoms with Gasteiger partial charge in [0, 0.05) is 0 Å². The van der Waals surface area contributed by atoms with Crippen molar-refractivity contribution in [1.82, 2.24) is 5.32 Å². The van der Waals surface area contributed by atoms with Crippen molar-refractivity contribution in [1.29, 1.82) is 0 Å². The summed E-state index contributed by atoms with van der Waals surface area (Å²) in [6.45, 7) is 2.87. The zero-order valence-corrected chi connectivity index (χ0v) is 8.91. The molecule has 0 spiro atoms. The number of piperidine rings is 1. The van der Waals surface area contributed by atoms with E-state index in [1.54, 1.807) is 0 Å². The Morgan fingerprint density at radius 3 is 3.07 bits per heavy atom. The Bertz CT molecular complexity index is 315. The highest BCUT2D eigenvalue weighted by molar-refractivity contribution is 5.29. The Balaban J connectivity index is 1.79. The van der Waals surface area contributed by atoms with Crippen LogP contribution >= 0.6 is 0 Å². The Morgan fingerprint density at radius 1 is 1.33 bits per heavy atom. The molecule has 1 N–H and O–H groups in total. The zero-order chi connectivity index (χ0) is 10.3. The van der Waals surface area contributed by atoms with Crippen molar-refractivity contribution in [3.63, 3.8) is 0 Å². The Labute approximate surface area is 91.0 Å². The van der Waals surface area contributed by atoms with Crippen LogP contribution in [0.15, 0.2) is 41.7 Å². The highest BCUT2D eigenvalue weighted by Crippen LogP contribution is 2.10. The molecule has 0 radical (unpaired) electrons. The SMILES string of the molecule is C1=CC=CC=C(COC2CCNCC2)C=1. The Hall–Kier alpha value is -1.08. The summed E-state index contributed by atoms with van der Waals surface area (Å²) in [4.78, 5) is 0. The van der Waals surface area contributed by atoms with Gasteiger partial charge in [0.2, 0.25) is 0 Å². The van der Waals surface area contributed by atoms with Gasteiger partial charge in [-0.25, -0.2) is 0 Å². The van der Waals surface area contributed by atoms with Crippen molar-refractivity contribution in [2.24, 2.45) is 0 Å². The molecule has 1 saturated heterocycles. The van der Waals surface area contributed by atoms with Crippen LogP contribution in [0.25, 0.3) is 0 Å². The number of ether oxygens (including phenoxy) is 1. The van der Waals surface area contributed by atoms with Gasteiger partial charge in [-0.2, -0.15) is 0 Å². The molecule has 0 aromatic heterocycles. The van der Waals surface area contributed by atoms with Gasteiger partial charge in [-0.3, -0.25) is 0 Å². The van der Waals surface area contributed by atoms with E-state index in [1.807, 2.05) is 24.3 Å². The molecule has 0 aromatic rings. The summed E-state index contributed by atoms with van der Waals surface area (Å²) in [5.74, 6) is 0. The molecule has 2 rings (SSSR count). The highest BCUT2D eigenvalue weighted by Gasteiger charge is 2.12. The second-order valence-corrected chi connectivity index (χ2v) is 3.86. The monoisotopic (exact) mass is 203 g/mol. The zero-order valence-electron chi connectivity index (χ0n) is 8.91. The lowest BCUT2D eigenvalue weighted by Crippen LogP contribution is -2.32. The van der Waals surface area contributed by atoms with Gasteiger partial charge in [0.25, 0.3) is 0 Å². The van der Waals surface area contributed by atoms with Crippen LogP contribution in [0, 0.1) is 0 Å². The molecule has 0 atom stereocenters.